The van der Waals surface area contributed by atoms with Gasteiger partial charge in [-0.05, 0) is 5.92 Å². The van der Waals surface area contributed by atoms with Gasteiger partial charge in [-0.3, -0.25) is 4.68 Å². The maximum atomic E-state index is 12.8. The summed E-state index contributed by atoms with van der Waals surface area (Å²) in [6.07, 6.45) is 1.21. The molecule has 0 fully saturated rings. The fraction of sp³-hybridized carbons (Fsp3) is 0.714. The fourth-order valence-corrected chi connectivity index (χ4v) is 4.72. The van der Waals surface area contributed by atoms with Crippen LogP contribution in [0.3, 0.4) is 0 Å². The zero-order valence-corrected chi connectivity index (χ0v) is 14.8. The molecule has 0 spiro atoms. The summed E-state index contributed by atoms with van der Waals surface area (Å²) in [5, 5.41) is 4.23. The minimum absolute atomic E-state index is 0.0381. The Morgan fingerprint density at radius 1 is 1.43 bits per heavy atom. The van der Waals surface area contributed by atoms with Crippen molar-refractivity contribution in [2.24, 2.45) is 13.0 Å². The summed E-state index contributed by atoms with van der Waals surface area (Å²) < 4.78 is 38.4. The van der Waals surface area contributed by atoms with Crippen LogP contribution in [-0.4, -0.2) is 54.5 Å². The molecule has 0 amide bonds. The molecule has 8 nitrogen and oxygen atoms in total. The lowest BCUT2D eigenvalue weighted by Gasteiger charge is -2.26. The van der Waals surface area contributed by atoms with Crippen molar-refractivity contribution in [2.75, 3.05) is 20.0 Å². The Morgan fingerprint density at radius 2 is 2.09 bits per heavy atom. The van der Waals surface area contributed by atoms with E-state index in [2.05, 4.69) is 5.10 Å². The van der Waals surface area contributed by atoms with Gasteiger partial charge in [0.05, 0.1) is 31.2 Å². The van der Waals surface area contributed by atoms with Gasteiger partial charge in [-0.1, -0.05) is 13.8 Å². The van der Waals surface area contributed by atoms with Crippen molar-refractivity contribution < 1.29 is 22.7 Å². The molecule has 2 heterocycles. The van der Waals surface area contributed by atoms with Gasteiger partial charge in [0.25, 0.3) is 0 Å². The molecule has 1 aliphatic heterocycles. The normalized spacial score (nSPS) is 19.8. The second-order valence-electron chi connectivity index (χ2n) is 5.97. The van der Waals surface area contributed by atoms with Gasteiger partial charge in [-0.15, -0.1) is 0 Å². The molecule has 0 bridgehead atoms. The van der Waals surface area contributed by atoms with E-state index in [1.165, 1.54) is 14.2 Å². The Kier molecular flexibility index (Phi) is 5.12. The van der Waals surface area contributed by atoms with Crippen LogP contribution in [0.1, 0.15) is 31.1 Å². The molecule has 0 aliphatic carbocycles. The quantitative estimate of drug-likeness (QED) is 0.695. The third-order valence-electron chi connectivity index (χ3n) is 4.03. The first-order valence-electron chi connectivity index (χ1n) is 7.33. The lowest BCUT2D eigenvalue weighted by molar-refractivity contribution is -0.145. The number of aromatic nitrogens is 2. The van der Waals surface area contributed by atoms with Crippen LogP contribution < -0.4 is 0 Å². The molecule has 2 rings (SSSR count). The van der Waals surface area contributed by atoms with Crippen molar-refractivity contribution in [1.82, 2.24) is 14.1 Å². The number of rotatable bonds is 6. The van der Waals surface area contributed by atoms with Crippen molar-refractivity contribution in [1.29, 1.82) is 0 Å². The van der Waals surface area contributed by atoms with Crippen LogP contribution >= 0.6 is 0 Å². The molecule has 23 heavy (non-hydrogen) atoms. The molecule has 9 heteroatoms. The molecule has 130 valence electrons. The van der Waals surface area contributed by atoms with Crippen LogP contribution in [0.4, 0.5) is 0 Å². The molecule has 2 unspecified atom stereocenters. The lowest BCUT2D eigenvalue weighted by atomic mass is 10.1. The average molecular weight is 345 g/mol. The smallest absolute Gasteiger partial charge is 0.328 e. The number of esters is 1. The first-order valence-corrected chi connectivity index (χ1v) is 8.94. The number of nitrogens with zero attached hydrogens (tertiary/aromatic N) is 3. The highest BCUT2D eigenvalue weighted by Crippen LogP contribution is 2.36. The Hall–Kier alpha value is -1.45. The molecule has 0 aromatic carbocycles. The monoisotopic (exact) mass is 345 g/mol. The second kappa shape index (κ2) is 6.58. The van der Waals surface area contributed by atoms with E-state index in [9.17, 15) is 13.2 Å². The Bertz CT molecular complexity index is 683. The summed E-state index contributed by atoms with van der Waals surface area (Å²) in [6.45, 7) is 3.84. The van der Waals surface area contributed by atoms with Crippen LogP contribution in [0.15, 0.2) is 6.20 Å². The molecule has 0 saturated carbocycles. The first-order chi connectivity index (χ1) is 10.7. The number of ether oxygens (including phenoxy) is 2. The summed E-state index contributed by atoms with van der Waals surface area (Å²) in [4.78, 5) is 12.1. The largest absolute Gasteiger partial charge is 0.468 e. The van der Waals surface area contributed by atoms with E-state index in [1.807, 2.05) is 13.8 Å². The third kappa shape index (κ3) is 3.41. The lowest BCUT2D eigenvalue weighted by Crippen LogP contribution is -2.40. The molecule has 0 saturated heterocycles. The van der Waals surface area contributed by atoms with Crippen molar-refractivity contribution >= 4 is 16.0 Å². The summed E-state index contributed by atoms with van der Waals surface area (Å²) in [6, 6.07) is -0.988. The van der Waals surface area contributed by atoms with E-state index in [4.69, 9.17) is 9.47 Å². The van der Waals surface area contributed by atoms with Gasteiger partial charge in [0.2, 0.25) is 10.0 Å². The molecular formula is C14H23N3O5S. The molecule has 2 atom stereocenters. The first kappa shape index (κ1) is 17.9. The molecule has 0 N–H and O–H groups in total. The van der Waals surface area contributed by atoms with Gasteiger partial charge >= 0.3 is 5.97 Å². The van der Waals surface area contributed by atoms with E-state index in [1.54, 1.807) is 17.9 Å². The SMILES string of the molecule is COC(=O)C1c2cn(C)nc2CN1S(=O)(=O)CC(OC)C(C)C. The van der Waals surface area contributed by atoms with E-state index in [-0.39, 0.29) is 18.2 Å². The van der Waals surface area contributed by atoms with Crippen LogP contribution in [0.5, 0.6) is 0 Å². The summed E-state index contributed by atoms with van der Waals surface area (Å²) >= 11 is 0. The van der Waals surface area contributed by atoms with Crippen LogP contribution in [0.2, 0.25) is 0 Å². The maximum absolute atomic E-state index is 12.8. The van der Waals surface area contributed by atoms with Gasteiger partial charge in [0.1, 0.15) is 0 Å². The molecular weight excluding hydrogens is 322 g/mol. The number of fused-ring (bicyclic) bond motifs is 1. The number of methoxy groups -OCH3 is 2. The predicted molar refractivity (Wildman–Crippen MR) is 82.9 cm³/mol. The van der Waals surface area contributed by atoms with Crippen LogP contribution in [-0.2, 0) is 37.9 Å². The predicted octanol–water partition coefficient (Wildman–Crippen LogP) is 0.451. The molecule has 1 aliphatic rings. The van der Waals surface area contributed by atoms with Crippen molar-refractivity contribution in [3.8, 4) is 0 Å². The standard InChI is InChI=1S/C14H23N3O5S/c1-9(2)12(21-4)8-23(19,20)17-7-11-10(6-16(3)15-11)13(17)14(18)22-5/h6,9,12-13H,7-8H2,1-5H3. The van der Waals surface area contributed by atoms with E-state index in [0.717, 1.165) is 4.31 Å². The van der Waals surface area contributed by atoms with Crippen molar-refractivity contribution in [2.45, 2.75) is 32.5 Å². The average Bonchev–Trinajstić information content (AvgIpc) is 2.99. The summed E-state index contributed by atoms with van der Waals surface area (Å²) in [5.41, 5.74) is 1.14. The van der Waals surface area contributed by atoms with Crippen LogP contribution in [0, 0.1) is 5.92 Å². The minimum Gasteiger partial charge on any atom is -0.468 e. The molecule has 1 aromatic rings. The van der Waals surface area contributed by atoms with Crippen LogP contribution in [0.25, 0.3) is 0 Å². The van der Waals surface area contributed by atoms with E-state index >= 15 is 0 Å². The number of sulfonamides is 1. The number of hydrogen-bond acceptors (Lipinski definition) is 6. The highest BCUT2D eigenvalue weighted by molar-refractivity contribution is 7.89. The Morgan fingerprint density at radius 3 is 2.61 bits per heavy atom. The zero-order chi connectivity index (χ0) is 17.4. The topological polar surface area (TPSA) is 90.7 Å². The van der Waals surface area contributed by atoms with Gasteiger partial charge in [0.15, 0.2) is 6.04 Å². The number of carbonyl (C=O) groups is 1. The molecule has 1 aromatic heterocycles. The van der Waals surface area contributed by atoms with Gasteiger partial charge in [-0.25, -0.2) is 13.2 Å². The number of carbonyl (C=O) groups excluding carboxylic acids is 1. The third-order valence-corrected chi connectivity index (χ3v) is 5.83. The molecule has 0 radical (unpaired) electrons. The van der Waals surface area contributed by atoms with E-state index in [0.29, 0.717) is 11.3 Å². The fourth-order valence-electron chi connectivity index (χ4n) is 2.75. The second-order valence-corrected chi connectivity index (χ2v) is 7.94. The summed E-state index contributed by atoms with van der Waals surface area (Å²) in [7, 11) is 0.743. The van der Waals surface area contributed by atoms with Gasteiger partial charge in [0, 0.05) is 25.9 Å². The zero-order valence-electron chi connectivity index (χ0n) is 14.0. The number of aryl methyl sites for hydroxylation is 1. The van der Waals surface area contributed by atoms with Crippen molar-refractivity contribution in [3.63, 3.8) is 0 Å². The Labute approximate surface area is 136 Å². The highest BCUT2D eigenvalue weighted by Gasteiger charge is 2.45. The van der Waals surface area contributed by atoms with Crippen molar-refractivity contribution in [3.05, 3.63) is 17.5 Å². The number of hydrogen-bond donors (Lipinski definition) is 0. The van der Waals surface area contributed by atoms with Gasteiger partial charge in [-0.2, -0.15) is 9.40 Å². The Balaban J connectivity index is 2.34. The summed E-state index contributed by atoms with van der Waals surface area (Å²) in [5.74, 6) is -0.764. The maximum Gasteiger partial charge on any atom is 0.328 e. The minimum atomic E-state index is -3.71. The van der Waals surface area contributed by atoms with E-state index < -0.39 is 28.1 Å². The van der Waals surface area contributed by atoms with Gasteiger partial charge < -0.3 is 9.47 Å². The highest BCUT2D eigenvalue weighted by atomic mass is 32.2.